The van der Waals surface area contributed by atoms with Crippen LogP contribution in [-0.4, -0.2) is 40.1 Å². The summed E-state index contributed by atoms with van der Waals surface area (Å²) < 4.78 is 13.5. The van der Waals surface area contributed by atoms with E-state index in [9.17, 15) is 9.18 Å². The van der Waals surface area contributed by atoms with Crippen LogP contribution in [0.1, 0.15) is 22.8 Å². The van der Waals surface area contributed by atoms with Gasteiger partial charge in [-0.1, -0.05) is 13.0 Å². The number of carboxylic acids is 1. The smallest absolute Gasteiger partial charge is 0.338 e. The summed E-state index contributed by atoms with van der Waals surface area (Å²) in [6, 6.07) is 4.37. The lowest BCUT2D eigenvalue weighted by atomic mass is 10.1. The molecule has 0 saturated carbocycles. The zero-order chi connectivity index (χ0) is 13.1. The second-order valence-corrected chi connectivity index (χ2v) is 6.08. The van der Waals surface area contributed by atoms with Crippen molar-refractivity contribution in [2.24, 2.45) is 0 Å². The Bertz CT molecular complexity index is 453. The van der Waals surface area contributed by atoms with Crippen LogP contribution >= 0.6 is 11.8 Å². The molecule has 0 amide bonds. The lowest BCUT2D eigenvalue weighted by molar-refractivity contribution is 0.0692. The number of aromatic carboxylic acids is 1. The molecule has 3 nitrogen and oxygen atoms in total. The predicted molar refractivity (Wildman–Crippen MR) is 70.6 cm³/mol. The fraction of sp³-hybridized carbons (Fsp3) is 0.462. The molecule has 5 heteroatoms. The number of nitrogens with zero attached hydrogens (tertiary/aromatic N) is 1. The topological polar surface area (TPSA) is 40.5 Å². The minimum atomic E-state index is -1.22. The number of carboxylic acid groups (broad SMARTS) is 1. The quantitative estimate of drug-likeness (QED) is 0.915. The average Bonchev–Trinajstić information content (AvgIpc) is 2.28. The molecule has 1 heterocycles. The maximum Gasteiger partial charge on any atom is 0.338 e. The molecule has 98 valence electrons. The maximum absolute atomic E-state index is 13.5. The molecule has 18 heavy (non-hydrogen) atoms. The van der Waals surface area contributed by atoms with Crippen LogP contribution in [0.3, 0.4) is 0 Å². The molecule has 1 atom stereocenters. The van der Waals surface area contributed by atoms with E-state index in [0.717, 1.165) is 24.4 Å². The highest BCUT2D eigenvalue weighted by Crippen LogP contribution is 2.20. The largest absolute Gasteiger partial charge is 0.478 e. The molecule has 1 aliphatic rings. The van der Waals surface area contributed by atoms with Gasteiger partial charge in [0.2, 0.25) is 0 Å². The van der Waals surface area contributed by atoms with Crippen LogP contribution in [0, 0.1) is 5.82 Å². The van der Waals surface area contributed by atoms with Crippen molar-refractivity contribution in [1.29, 1.82) is 0 Å². The van der Waals surface area contributed by atoms with Crippen LogP contribution in [0.2, 0.25) is 0 Å². The first-order valence-corrected chi connectivity index (χ1v) is 6.97. The standard InChI is InChI=1S/C13H16FNO2S/c1-9-7-15(4-5-18-9)8-10-2-3-11(13(16)17)12(14)6-10/h2-3,6,9H,4-5,7-8H2,1H3,(H,16,17). The van der Waals surface area contributed by atoms with E-state index in [4.69, 9.17) is 5.11 Å². The number of hydrogen-bond acceptors (Lipinski definition) is 3. The fourth-order valence-electron chi connectivity index (χ4n) is 2.12. The van der Waals surface area contributed by atoms with Gasteiger partial charge in [-0.05, 0) is 17.7 Å². The van der Waals surface area contributed by atoms with E-state index in [2.05, 4.69) is 11.8 Å². The third-order valence-electron chi connectivity index (χ3n) is 3.00. The molecule has 0 bridgehead atoms. The summed E-state index contributed by atoms with van der Waals surface area (Å²) in [4.78, 5) is 13.0. The second-order valence-electron chi connectivity index (χ2n) is 4.54. The summed E-state index contributed by atoms with van der Waals surface area (Å²) in [6.45, 7) is 4.86. The van der Waals surface area contributed by atoms with Crippen molar-refractivity contribution in [3.8, 4) is 0 Å². The van der Waals surface area contributed by atoms with Crippen LogP contribution in [-0.2, 0) is 6.54 Å². The van der Waals surface area contributed by atoms with Gasteiger partial charge in [0.25, 0.3) is 0 Å². The van der Waals surface area contributed by atoms with Gasteiger partial charge in [0.1, 0.15) is 5.82 Å². The molecule has 1 aromatic rings. The average molecular weight is 269 g/mol. The first kappa shape index (κ1) is 13.4. The van der Waals surface area contributed by atoms with Gasteiger partial charge in [-0.3, -0.25) is 4.90 Å². The Morgan fingerprint density at radius 3 is 3.00 bits per heavy atom. The molecule has 0 aromatic heterocycles. The third-order valence-corrected chi connectivity index (χ3v) is 4.13. The number of thioether (sulfide) groups is 1. The van der Waals surface area contributed by atoms with Crippen molar-refractivity contribution in [2.75, 3.05) is 18.8 Å². The molecule has 1 N–H and O–H groups in total. The van der Waals surface area contributed by atoms with Crippen molar-refractivity contribution in [2.45, 2.75) is 18.7 Å². The molecule has 0 spiro atoms. The highest BCUT2D eigenvalue weighted by atomic mass is 32.2. The molecule has 1 fully saturated rings. The summed E-state index contributed by atoms with van der Waals surface area (Å²) in [6.07, 6.45) is 0. The zero-order valence-corrected chi connectivity index (χ0v) is 11.0. The molecule has 1 aromatic carbocycles. The zero-order valence-electron chi connectivity index (χ0n) is 10.2. The van der Waals surface area contributed by atoms with Crippen molar-refractivity contribution in [3.05, 3.63) is 35.1 Å². The molecular formula is C13H16FNO2S. The minimum Gasteiger partial charge on any atom is -0.478 e. The summed E-state index contributed by atoms with van der Waals surface area (Å²) in [5.74, 6) is -0.780. The van der Waals surface area contributed by atoms with E-state index in [-0.39, 0.29) is 5.56 Å². The Labute approximate surface area is 110 Å². The second kappa shape index (κ2) is 5.71. The van der Waals surface area contributed by atoms with E-state index in [1.54, 1.807) is 6.07 Å². The van der Waals surface area contributed by atoms with Crippen LogP contribution in [0.15, 0.2) is 18.2 Å². The lowest BCUT2D eigenvalue weighted by Gasteiger charge is -2.30. The monoisotopic (exact) mass is 269 g/mol. The molecule has 1 aliphatic heterocycles. The van der Waals surface area contributed by atoms with E-state index in [0.29, 0.717) is 11.8 Å². The lowest BCUT2D eigenvalue weighted by Crippen LogP contribution is -2.36. The van der Waals surface area contributed by atoms with Crippen molar-refractivity contribution >= 4 is 17.7 Å². The Kier molecular flexibility index (Phi) is 4.24. The van der Waals surface area contributed by atoms with Crippen molar-refractivity contribution in [3.63, 3.8) is 0 Å². The maximum atomic E-state index is 13.5. The van der Waals surface area contributed by atoms with Crippen molar-refractivity contribution < 1.29 is 14.3 Å². The minimum absolute atomic E-state index is 0.263. The number of halogens is 1. The van der Waals surface area contributed by atoms with Gasteiger partial charge in [0.05, 0.1) is 5.56 Å². The van der Waals surface area contributed by atoms with E-state index < -0.39 is 11.8 Å². The first-order chi connectivity index (χ1) is 8.56. The van der Waals surface area contributed by atoms with Crippen LogP contribution < -0.4 is 0 Å². The van der Waals surface area contributed by atoms with E-state index in [1.807, 2.05) is 11.8 Å². The molecule has 2 rings (SSSR count). The van der Waals surface area contributed by atoms with Crippen molar-refractivity contribution in [1.82, 2.24) is 4.90 Å². The van der Waals surface area contributed by atoms with Gasteiger partial charge in [-0.15, -0.1) is 0 Å². The van der Waals surface area contributed by atoms with Gasteiger partial charge in [-0.25, -0.2) is 9.18 Å². The third kappa shape index (κ3) is 3.23. The van der Waals surface area contributed by atoms with Crippen LogP contribution in [0.25, 0.3) is 0 Å². The molecule has 1 unspecified atom stereocenters. The summed E-state index contributed by atoms with van der Waals surface area (Å²) in [5, 5.41) is 9.36. The summed E-state index contributed by atoms with van der Waals surface area (Å²) in [5.41, 5.74) is 0.568. The van der Waals surface area contributed by atoms with E-state index in [1.165, 1.54) is 12.1 Å². The first-order valence-electron chi connectivity index (χ1n) is 5.92. The Morgan fingerprint density at radius 1 is 1.61 bits per heavy atom. The number of rotatable bonds is 3. The van der Waals surface area contributed by atoms with E-state index >= 15 is 0 Å². The van der Waals surface area contributed by atoms with Gasteiger partial charge in [0.15, 0.2) is 0 Å². The van der Waals surface area contributed by atoms with Crippen LogP contribution in [0.5, 0.6) is 0 Å². The summed E-state index contributed by atoms with van der Waals surface area (Å²) in [7, 11) is 0. The highest BCUT2D eigenvalue weighted by molar-refractivity contribution is 7.99. The number of hydrogen-bond donors (Lipinski definition) is 1. The van der Waals surface area contributed by atoms with Gasteiger partial charge in [0, 0.05) is 30.6 Å². The molecular weight excluding hydrogens is 253 g/mol. The fourth-order valence-corrected chi connectivity index (χ4v) is 3.21. The highest BCUT2D eigenvalue weighted by Gasteiger charge is 2.17. The Balaban J connectivity index is 2.05. The van der Waals surface area contributed by atoms with Gasteiger partial charge >= 0.3 is 5.97 Å². The normalized spacial score (nSPS) is 20.9. The predicted octanol–water partition coefficient (Wildman–Crippen LogP) is 2.46. The molecule has 1 saturated heterocycles. The molecule has 0 aliphatic carbocycles. The number of benzene rings is 1. The molecule has 0 radical (unpaired) electrons. The Hall–Kier alpha value is -1.07. The number of carbonyl (C=O) groups is 1. The summed E-state index contributed by atoms with van der Waals surface area (Å²) >= 11 is 1.95. The van der Waals surface area contributed by atoms with Gasteiger partial charge < -0.3 is 5.11 Å². The van der Waals surface area contributed by atoms with Gasteiger partial charge in [-0.2, -0.15) is 11.8 Å². The SMILES string of the molecule is CC1CN(Cc2ccc(C(=O)O)c(F)c2)CCS1. The Morgan fingerprint density at radius 2 is 2.39 bits per heavy atom. The van der Waals surface area contributed by atoms with Crippen LogP contribution in [0.4, 0.5) is 4.39 Å².